The molecule has 86 valence electrons. The molecule has 0 radical (unpaired) electrons. The molecule has 2 aromatic rings. The maximum Gasteiger partial charge on any atom is 0.152 e. The monoisotopic (exact) mass is 225 g/mol. The summed E-state index contributed by atoms with van der Waals surface area (Å²) in [6, 6.07) is 5.84. The van der Waals surface area contributed by atoms with Crippen LogP contribution >= 0.6 is 0 Å². The lowest BCUT2D eigenvalue weighted by molar-refractivity contribution is 1.04. The van der Waals surface area contributed by atoms with E-state index in [1.54, 1.807) is 6.20 Å². The molecule has 3 heteroatoms. The average Bonchev–Trinajstić information content (AvgIpc) is 2.35. The third kappa shape index (κ3) is 2.38. The lowest BCUT2D eigenvalue weighted by atomic mass is 10.1. The third-order valence-electron chi connectivity index (χ3n) is 2.63. The molecule has 2 aromatic heterocycles. The van der Waals surface area contributed by atoms with Crippen LogP contribution in [0.2, 0.25) is 0 Å². The summed E-state index contributed by atoms with van der Waals surface area (Å²) in [4.78, 5) is 13.3. The normalized spacial score (nSPS) is 11.0. The molecular weight excluding hydrogens is 210 g/mol. The van der Waals surface area contributed by atoms with Crippen LogP contribution in [0.4, 0.5) is 0 Å². The third-order valence-corrected chi connectivity index (χ3v) is 2.63. The number of hydrogen-bond donors (Lipinski definition) is 0. The summed E-state index contributed by atoms with van der Waals surface area (Å²) in [7, 11) is 0. The number of aryl methyl sites for hydroxylation is 1. The molecule has 3 nitrogen and oxygen atoms in total. The standard InChI is InChI=1S/C14H15N3/c1-4-7-13-16-11(3)10(2)14(17-13)12-8-5-6-9-15-12/h4-9H,1-3H3. The summed E-state index contributed by atoms with van der Waals surface area (Å²) in [5, 5.41) is 0. The van der Waals surface area contributed by atoms with E-state index in [4.69, 9.17) is 0 Å². The molecule has 0 saturated heterocycles. The van der Waals surface area contributed by atoms with E-state index in [-0.39, 0.29) is 0 Å². The van der Waals surface area contributed by atoms with Gasteiger partial charge in [0.25, 0.3) is 0 Å². The first-order valence-corrected chi connectivity index (χ1v) is 5.61. The first kappa shape index (κ1) is 11.5. The maximum atomic E-state index is 4.53. The van der Waals surface area contributed by atoms with Crippen molar-refractivity contribution in [1.29, 1.82) is 0 Å². The predicted octanol–water partition coefficient (Wildman–Crippen LogP) is 3.19. The Morgan fingerprint density at radius 2 is 1.94 bits per heavy atom. The molecule has 0 saturated carbocycles. The SMILES string of the molecule is CC=Cc1nc(C)c(C)c(-c2ccccn2)n1. The van der Waals surface area contributed by atoms with Crippen molar-refractivity contribution in [3.8, 4) is 11.4 Å². The number of aromatic nitrogens is 3. The second kappa shape index (κ2) is 4.87. The van der Waals surface area contributed by atoms with Gasteiger partial charge in [-0.3, -0.25) is 4.98 Å². The fraction of sp³-hybridized carbons (Fsp3) is 0.214. The van der Waals surface area contributed by atoms with E-state index in [1.165, 1.54) is 0 Å². The van der Waals surface area contributed by atoms with Crippen LogP contribution in [-0.2, 0) is 0 Å². The number of rotatable bonds is 2. The van der Waals surface area contributed by atoms with Gasteiger partial charge in [-0.1, -0.05) is 12.1 Å². The van der Waals surface area contributed by atoms with E-state index in [1.807, 2.05) is 51.1 Å². The zero-order chi connectivity index (χ0) is 12.3. The van der Waals surface area contributed by atoms with Crippen LogP contribution in [0.15, 0.2) is 30.5 Å². The Labute approximate surface area is 101 Å². The molecule has 2 heterocycles. The second-order valence-electron chi connectivity index (χ2n) is 3.86. The van der Waals surface area contributed by atoms with Gasteiger partial charge >= 0.3 is 0 Å². The van der Waals surface area contributed by atoms with Crippen LogP contribution in [0, 0.1) is 13.8 Å². The highest BCUT2D eigenvalue weighted by atomic mass is 14.9. The van der Waals surface area contributed by atoms with Gasteiger partial charge in [0.2, 0.25) is 0 Å². The number of nitrogens with zero attached hydrogens (tertiary/aromatic N) is 3. The Hall–Kier alpha value is -2.03. The Kier molecular flexibility index (Phi) is 3.28. The summed E-state index contributed by atoms with van der Waals surface area (Å²) in [6.45, 7) is 5.98. The van der Waals surface area contributed by atoms with Crippen molar-refractivity contribution < 1.29 is 0 Å². The topological polar surface area (TPSA) is 38.7 Å². The van der Waals surface area contributed by atoms with Crippen molar-refractivity contribution in [3.05, 3.63) is 47.6 Å². The van der Waals surface area contributed by atoms with E-state index in [0.717, 1.165) is 28.5 Å². The quantitative estimate of drug-likeness (QED) is 0.787. The van der Waals surface area contributed by atoms with Crippen molar-refractivity contribution in [2.45, 2.75) is 20.8 Å². The number of pyridine rings is 1. The number of hydrogen-bond acceptors (Lipinski definition) is 3. The van der Waals surface area contributed by atoms with Crippen LogP contribution in [-0.4, -0.2) is 15.0 Å². The highest BCUT2D eigenvalue weighted by molar-refractivity contribution is 5.60. The molecule has 0 atom stereocenters. The number of allylic oxidation sites excluding steroid dienone is 1. The second-order valence-corrected chi connectivity index (χ2v) is 3.86. The predicted molar refractivity (Wildman–Crippen MR) is 69.4 cm³/mol. The molecule has 2 rings (SSSR count). The molecule has 17 heavy (non-hydrogen) atoms. The first-order valence-electron chi connectivity index (χ1n) is 5.61. The fourth-order valence-electron chi connectivity index (χ4n) is 1.63. The van der Waals surface area contributed by atoms with E-state index in [0.29, 0.717) is 0 Å². The van der Waals surface area contributed by atoms with E-state index in [9.17, 15) is 0 Å². The molecule has 0 aliphatic rings. The Morgan fingerprint density at radius 3 is 2.59 bits per heavy atom. The fourth-order valence-corrected chi connectivity index (χ4v) is 1.63. The lowest BCUT2D eigenvalue weighted by Crippen LogP contribution is -2.00. The van der Waals surface area contributed by atoms with Gasteiger partial charge < -0.3 is 0 Å². The first-order chi connectivity index (χ1) is 8.22. The lowest BCUT2D eigenvalue weighted by Gasteiger charge is -2.07. The van der Waals surface area contributed by atoms with Gasteiger partial charge in [0.15, 0.2) is 5.82 Å². The highest BCUT2D eigenvalue weighted by Crippen LogP contribution is 2.20. The molecule has 0 aliphatic carbocycles. The van der Waals surface area contributed by atoms with Gasteiger partial charge in [0, 0.05) is 11.9 Å². The molecule has 0 amide bonds. The van der Waals surface area contributed by atoms with Gasteiger partial charge in [-0.05, 0) is 44.5 Å². The summed E-state index contributed by atoms with van der Waals surface area (Å²) in [5.74, 6) is 0.733. The zero-order valence-electron chi connectivity index (χ0n) is 10.3. The van der Waals surface area contributed by atoms with E-state index >= 15 is 0 Å². The summed E-state index contributed by atoms with van der Waals surface area (Å²) < 4.78 is 0. The minimum Gasteiger partial charge on any atom is -0.255 e. The van der Waals surface area contributed by atoms with E-state index < -0.39 is 0 Å². The molecule has 0 N–H and O–H groups in total. The molecule has 0 bridgehead atoms. The average molecular weight is 225 g/mol. The summed E-state index contributed by atoms with van der Waals surface area (Å²) in [6.07, 6.45) is 5.62. The van der Waals surface area contributed by atoms with Crippen LogP contribution < -0.4 is 0 Å². The molecule has 0 aromatic carbocycles. The summed E-state index contributed by atoms with van der Waals surface area (Å²) >= 11 is 0. The van der Waals surface area contributed by atoms with Crippen LogP contribution in [0.5, 0.6) is 0 Å². The van der Waals surface area contributed by atoms with Gasteiger partial charge in [0.1, 0.15) is 0 Å². The Morgan fingerprint density at radius 1 is 1.12 bits per heavy atom. The zero-order valence-corrected chi connectivity index (χ0v) is 10.3. The van der Waals surface area contributed by atoms with Crippen molar-refractivity contribution in [2.75, 3.05) is 0 Å². The Bertz CT molecular complexity index is 545. The van der Waals surface area contributed by atoms with Gasteiger partial charge in [-0.2, -0.15) is 0 Å². The van der Waals surface area contributed by atoms with Crippen molar-refractivity contribution in [3.63, 3.8) is 0 Å². The minimum atomic E-state index is 0.733. The summed E-state index contributed by atoms with van der Waals surface area (Å²) in [5.41, 5.74) is 3.87. The Balaban J connectivity index is 2.60. The van der Waals surface area contributed by atoms with Crippen LogP contribution in [0.25, 0.3) is 17.5 Å². The van der Waals surface area contributed by atoms with Gasteiger partial charge in [0.05, 0.1) is 11.4 Å². The minimum absolute atomic E-state index is 0.733. The highest BCUT2D eigenvalue weighted by Gasteiger charge is 2.09. The molecular formula is C14H15N3. The molecule has 0 unspecified atom stereocenters. The van der Waals surface area contributed by atoms with Crippen molar-refractivity contribution >= 4 is 6.08 Å². The molecule has 0 fully saturated rings. The largest absolute Gasteiger partial charge is 0.255 e. The van der Waals surface area contributed by atoms with Gasteiger partial charge in [-0.25, -0.2) is 9.97 Å². The smallest absolute Gasteiger partial charge is 0.152 e. The van der Waals surface area contributed by atoms with Crippen LogP contribution in [0.3, 0.4) is 0 Å². The molecule has 0 spiro atoms. The van der Waals surface area contributed by atoms with Crippen LogP contribution in [0.1, 0.15) is 24.0 Å². The van der Waals surface area contributed by atoms with Gasteiger partial charge in [-0.15, -0.1) is 0 Å². The van der Waals surface area contributed by atoms with Crippen molar-refractivity contribution in [2.24, 2.45) is 0 Å². The van der Waals surface area contributed by atoms with E-state index in [2.05, 4.69) is 15.0 Å². The van der Waals surface area contributed by atoms with Crippen molar-refractivity contribution in [1.82, 2.24) is 15.0 Å². The maximum absolute atomic E-state index is 4.53. The molecule has 0 aliphatic heterocycles.